The van der Waals surface area contributed by atoms with Gasteiger partial charge in [-0.15, -0.1) is 0 Å². The highest BCUT2D eigenvalue weighted by Crippen LogP contribution is 2.19. The van der Waals surface area contributed by atoms with Crippen LogP contribution in [0, 0.1) is 3.57 Å². The average Bonchev–Trinajstić information content (AvgIpc) is 2.35. The quantitative estimate of drug-likeness (QED) is 0.568. The number of benzene rings is 1. The zero-order valence-corrected chi connectivity index (χ0v) is 7.95. The van der Waals surface area contributed by atoms with Gasteiger partial charge in [-0.25, -0.2) is 0 Å². The number of aromatic nitrogens is 1. The Hall–Kier alpha value is -0.710. The maximum absolute atomic E-state index is 5.66. The maximum Gasteiger partial charge on any atom is 0.0700 e. The molecule has 0 unspecified atom stereocenters. The second-order valence-corrected chi connectivity index (χ2v) is 3.56. The predicted octanol–water partition coefficient (Wildman–Crippen LogP) is 1.96. The van der Waals surface area contributed by atoms with E-state index in [1.54, 1.807) is 4.68 Å². The fourth-order valence-electron chi connectivity index (χ4n) is 1.15. The van der Waals surface area contributed by atoms with Gasteiger partial charge in [-0.2, -0.15) is 0 Å². The molecule has 0 saturated carbocycles. The van der Waals surface area contributed by atoms with Crippen LogP contribution in [0.2, 0.25) is 0 Å². The SMILES string of the molecule is Nn1ccc2c(I)cccc21. The predicted molar refractivity (Wildman–Crippen MR) is 54.8 cm³/mol. The Morgan fingerprint density at radius 3 is 2.82 bits per heavy atom. The number of halogens is 1. The molecule has 2 rings (SSSR count). The molecule has 0 aliphatic rings. The van der Waals surface area contributed by atoms with Crippen LogP contribution in [-0.4, -0.2) is 4.68 Å². The highest BCUT2D eigenvalue weighted by molar-refractivity contribution is 14.1. The van der Waals surface area contributed by atoms with E-state index >= 15 is 0 Å². The van der Waals surface area contributed by atoms with Gasteiger partial charge >= 0.3 is 0 Å². The van der Waals surface area contributed by atoms with Crippen LogP contribution in [0.1, 0.15) is 0 Å². The molecule has 0 spiro atoms. The van der Waals surface area contributed by atoms with Crippen molar-refractivity contribution in [2.75, 3.05) is 5.84 Å². The van der Waals surface area contributed by atoms with Gasteiger partial charge in [-0.05, 0) is 40.8 Å². The minimum absolute atomic E-state index is 1.08. The molecule has 2 nitrogen and oxygen atoms in total. The van der Waals surface area contributed by atoms with E-state index in [1.807, 2.05) is 24.4 Å². The third-order valence-electron chi connectivity index (χ3n) is 1.71. The van der Waals surface area contributed by atoms with Gasteiger partial charge in [-0.1, -0.05) is 6.07 Å². The van der Waals surface area contributed by atoms with E-state index in [0.29, 0.717) is 0 Å². The summed E-state index contributed by atoms with van der Waals surface area (Å²) in [7, 11) is 0. The molecule has 1 aromatic heterocycles. The summed E-state index contributed by atoms with van der Waals surface area (Å²) in [5.41, 5.74) is 1.08. The zero-order valence-electron chi connectivity index (χ0n) is 5.79. The van der Waals surface area contributed by atoms with Crippen molar-refractivity contribution in [3.8, 4) is 0 Å². The normalized spacial score (nSPS) is 10.6. The summed E-state index contributed by atoms with van der Waals surface area (Å²) in [6, 6.07) is 8.12. The average molecular weight is 258 g/mol. The van der Waals surface area contributed by atoms with Crippen molar-refractivity contribution in [2.45, 2.75) is 0 Å². The molecule has 2 aromatic rings. The van der Waals surface area contributed by atoms with Crippen LogP contribution in [0.25, 0.3) is 10.9 Å². The van der Waals surface area contributed by atoms with Crippen LogP contribution < -0.4 is 5.84 Å². The van der Waals surface area contributed by atoms with Gasteiger partial charge in [0.25, 0.3) is 0 Å². The Morgan fingerprint density at radius 1 is 1.27 bits per heavy atom. The fraction of sp³-hybridized carbons (Fsp3) is 0. The van der Waals surface area contributed by atoms with Gasteiger partial charge in [-0.3, -0.25) is 4.68 Å². The summed E-state index contributed by atoms with van der Waals surface area (Å²) >= 11 is 2.30. The van der Waals surface area contributed by atoms with E-state index in [0.717, 1.165) is 5.52 Å². The molecule has 11 heavy (non-hydrogen) atoms. The highest BCUT2D eigenvalue weighted by Gasteiger charge is 1.99. The Morgan fingerprint density at radius 2 is 2.09 bits per heavy atom. The van der Waals surface area contributed by atoms with Crippen molar-refractivity contribution in [1.29, 1.82) is 0 Å². The fourth-order valence-corrected chi connectivity index (χ4v) is 1.81. The molecule has 1 heterocycles. The van der Waals surface area contributed by atoms with Gasteiger partial charge in [0.15, 0.2) is 0 Å². The summed E-state index contributed by atoms with van der Waals surface area (Å²) in [6.45, 7) is 0. The van der Waals surface area contributed by atoms with Crippen molar-refractivity contribution < 1.29 is 0 Å². The lowest BCUT2D eigenvalue weighted by molar-refractivity contribution is 1.07. The highest BCUT2D eigenvalue weighted by atomic mass is 127. The third-order valence-corrected chi connectivity index (χ3v) is 2.65. The van der Waals surface area contributed by atoms with Gasteiger partial charge < -0.3 is 5.84 Å². The molecule has 0 aliphatic carbocycles. The van der Waals surface area contributed by atoms with Crippen molar-refractivity contribution in [1.82, 2.24) is 4.68 Å². The maximum atomic E-state index is 5.66. The van der Waals surface area contributed by atoms with Crippen LogP contribution in [0.5, 0.6) is 0 Å². The smallest absolute Gasteiger partial charge is 0.0700 e. The lowest BCUT2D eigenvalue weighted by atomic mass is 10.3. The van der Waals surface area contributed by atoms with Gasteiger partial charge in [0.2, 0.25) is 0 Å². The van der Waals surface area contributed by atoms with Gasteiger partial charge in [0, 0.05) is 15.2 Å². The minimum Gasteiger partial charge on any atom is -0.339 e. The Kier molecular flexibility index (Phi) is 1.52. The number of hydrogen-bond acceptors (Lipinski definition) is 1. The topological polar surface area (TPSA) is 30.9 Å². The van der Waals surface area contributed by atoms with Crippen LogP contribution in [0.4, 0.5) is 0 Å². The van der Waals surface area contributed by atoms with Crippen molar-refractivity contribution in [3.63, 3.8) is 0 Å². The zero-order chi connectivity index (χ0) is 7.84. The summed E-state index contributed by atoms with van der Waals surface area (Å²) in [5, 5.41) is 1.22. The number of fused-ring (bicyclic) bond motifs is 1. The van der Waals surface area contributed by atoms with Crippen LogP contribution in [0.3, 0.4) is 0 Å². The second kappa shape index (κ2) is 2.41. The first-order valence-electron chi connectivity index (χ1n) is 3.30. The molecular formula is C8H7IN2. The number of nitrogens with two attached hydrogens (primary N) is 1. The van der Waals surface area contributed by atoms with Gasteiger partial charge in [0.1, 0.15) is 0 Å². The van der Waals surface area contributed by atoms with Crippen molar-refractivity contribution in [3.05, 3.63) is 34.0 Å². The summed E-state index contributed by atoms with van der Waals surface area (Å²) < 4.78 is 2.88. The molecule has 0 saturated heterocycles. The van der Waals surface area contributed by atoms with E-state index in [9.17, 15) is 0 Å². The summed E-state index contributed by atoms with van der Waals surface area (Å²) in [5.74, 6) is 5.66. The molecular weight excluding hydrogens is 251 g/mol. The lowest BCUT2D eigenvalue weighted by Crippen LogP contribution is -2.04. The lowest BCUT2D eigenvalue weighted by Gasteiger charge is -1.95. The first-order chi connectivity index (χ1) is 5.29. The number of rotatable bonds is 0. The first-order valence-corrected chi connectivity index (χ1v) is 4.37. The molecule has 56 valence electrons. The van der Waals surface area contributed by atoms with Crippen LogP contribution >= 0.6 is 22.6 Å². The minimum atomic E-state index is 1.08. The second-order valence-electron chi connectivity index (χ2n) is 2.40. The number of nitrogens with zero attached hydrogens (tertiary/aromatic N) is 1. The van der Waals surface area contributed by atoms with Crippen molar-refractivity contribution >= 4 is 33.5 Å². The molecule has 1 aromatic carbocycles. The Balaban J connectivity index is 2.94. The molecule has 0 amide bonds. The molecule has 0 radical (unpaired) electrons. The van der Waals surface area contributed by atoms with E-state index in [-0.39, 0.29) is 0 Å². The third kappa shape index (κ3) is 0.994. The number of nitrogen functional groups attached to an aromatic ring is 1. The molecule has 2 N–H and O–H groups in total. The first kappa shape index (κ1) is 6.97. The molecule has 0 atom stereocenters. The number of hydrogen-bond donors (Lipinski definition) is 1. The van der Waals surface area contributed by atoms with E-state index < -0.39 is 0 Å². The molecule has 3 heteroatoms. The molecule has 0 bridgehead atoms. The molecule has 0 aliphatic heterocycles. The Bertz CT molecular complexity index is 392. The van der Waals surface area contributed by atoms with Gasteiger partial charge in [0.05, 0.1) is 5.52 Å². The molecule has 0 fully saturated rings. The van der Waals surface area contributed by atoms with Crippen LogP contribution in [0.15, 0.2) is 30.5 Å². The van der Waals surface area contributed by atoms with Crippen LogP contribution in [-0.2, 0) is 0 Å². The van der Waals surface area contributed by atoms with E-state index in [4.69, 9.17) is 5.84 Å². The largest absolute Gasteiger partial charge is 0.339 e. The standard InChI is InChI=1S/C8H7IN2/c9-7-2-1-3-8-6(7)4-5-11(8)10/h1-5H,10H2. The van der Waals surface area contributed by atoms with Crippen molar-refractivity contribution in [2.24, 2.45) is 0 Å². The van der Waals surface area contributed by atoms with E-state index in [2.05, 4.69) is 28.7 Å². The monoisotopic (exact) mass is 258 g/mol. The Labute approximate surface area is 78.1 Å². The summed E-state index contributed by atoms with van der Waals surface area (Å²) in [6.07, 6.45) is 1.87. The van der Waals surface area contributed by atoms with E-state index in [1.165, 1.54) is 8.96 Å². The summed E-state index contributed by atoms with van der Waals surface area (Å²) in [4.78, 5) is 0.